The van der Waals surface area contributed by atoms with E-state index in [4.69, 9.17) is 0 Å². The first-order valence-corrected chi connectivity index (χ1v) is 6.18. The third-order valence-electron chi connectivity index (χ3n) is 4.12. The highest BCUT2D eigenvalue weighted by molar-refractivity contribution is 6.15. The molecule has 0 spiro atoms. The zero-order chi connectivity index (χ0) is 12.6. The molecule has 4 nitrogen and oxygen atoms in total. The van der Waals surface area contributed by atoms with Crippen molar-refractivity contribution in [3.05, 3.63) is 11.6 Å². The van der Waals surface area contributed by atoms with Crippen LogP contribution in [0.5, 0.6) is 0 Å². The summed E-state index contributed by atoms with van der Waals surface area (Å²) < 4.78 is 0. The Bertz CT molecular complexity index is 379. The van der Waals surface area contributed by atoms with Crippen LogP contribution in [-0.4, -0.2) is 47.8 Å². The van der Waals surface area contributed by atoms with Crippen LogP contribution in [0.15, 0.2) is 11.6 Å². The van der Waals surface area contributed by atoms with Gasteiger partial charge in [-0.1, -0.05) is 12.8 Å². The molecular formula is C13H20N2O2. The zero-order valence-corrected chi connectivity index (χ0v) is 10.8. The molecule has 2 rings (SSSR count). The van der Waals surface area contributed by atoms with Gasteiger partial charge in [-0.3, -0.25) is 14.5 Å². The summed E-state index contributed by atoms with van der Waals surface area (Å²) in [6.07, 6.45) is 5.94. The summed E-state index contributed by atoms with van der Waals surface area (Å²) >= 11 is 0. The van der Waals surface area contributed by atoms with Crippen molar-refractivity contribution in [3.8, 4) is 0 Å². The van der Waals surface area contributed by atoms with Gasteiger partial charge >= 0.3 is 0 Å². The Balaban J connectivity index is 2.15. The van der Waals surface area contributed by atoms with Gasteiger partial charge in [0, 0.05) is 23.7 Å². The van der Waals surface area contributed by atoms with Gasteiger partial charge in [0.05, 0.1) is 0 Å². The van der Waals surface area contributed by atoms with Gasteiger partial charge in [0.2, 0.25) is 0 Å². The van der Waals surface area contributed by atoms with Gasteiger partial charge in [-0.25, -0.2) is 0 Å². The van der Waals surface area contributed by atoms with Crippen LogP contribution < -0.4 is 0 Å². The highest BCUT2D eigenvalue weighted by Crippen LogP contribution is 2.35. The normalized spacial score (nSPS) is 23.8. The van der Waals surface area contributed by atoms with Gasteiger partial charge in [-0.15, -0.1) is 0 Å². The van der Waals surface area contributed by atoms with E-state index in [1.807, 2.05) is 14.1 Å². The molecule has 0 N–H and O–H groups in total. The molecule has 1 saturated carbocycles. The third kappa shape index (κ3) is 2.02. The lowest BCUT2D eigenvalue weighted by Crippen LogP contribution is -2.52. The molecule has 94 valence electrons. The van der Waals surface area contributed by atoms with Crippen LogP contribution in [0.2, 0.25) is 0 Å². The van der Waals surface area contributed by atoms with E-state index >= 15 is 0 Å². The summed E-state index contributed by atoms with van der Waals surface area (Å²) in [5.74, 6) is -0.274. The zero-order valence-electron chi connectivity index (χ0n) is 10.8. The third-order valence-corrected chi connectivity index (χ3v) is 4.12. The minimum Gasteiger partial charge on any atom is -0.302 e. The molecule has 0 radical (unpaired) electrons. The first-order valence-electron chi connectivity index (χ1n) is 6.18. The number of imide groups is 1. The summed E-state index contributed by atoms with van der Waals surface area (Å²) in [6.45, 7) is 2.24. The van der Waals surface area contributed by atoms with Gasteiger partial charge in [-0.2, -0.15) is 0 Å². The predicted molar refractivity (Wildman–Crippen MR) is 65.4 cm³/mol. The van der Waals surface area contributed by atoms with Crippen molar-refractivity contribution in [1.82, 2.24) is 9.80 Å². The second-order valence-electron chi connectivity index (χ2n) is 5.38. The van der Waals surface area contributed by atoms with E-state index in [0.29, 0.717) is 12.1 Å². The number of rotatable bonds is 3. The topological polar surface area (TPSA) is 40.6 Å². The molecule has 2 aliphatic rings. The monoisotopic (exact) mass is 236 g/mol. The van der Waals surface area contributed by atoms with Crippen molar-refractivity contribution in [2.45, 2.75) is 38.1 Å². The van der Waals surface area contributed by atoms with Gasteiger partial charge in [0.15, 0.2) is 0 Å². The average molecular weight is 236 g/mol. The molecule has 0 aromatic heterocycles. The Hall–Kier alpha value is -1.16. The lowest BCUT2D eigenvalue weighted by atomic mass is 9.95. The van der Waals surface area contributed by atoms with Gasteiger partial charge in [-0.05, 0) is 33.9 Å². The van der Waals surface area contributed by atoms with Crippen LogP contribution in [0.1, 0.15) is 32.6 Å². The predicted octanol–water partition coefficient (Wildman–Crippen LogP) is 1.18. The molecule has 0 saturated heterocycles. The number of amides is 2. The fourth-order valence-electron chi connectivity index (χ4n) is 2.86. The maximum absolute atomic E-state index is 11.9. The Morgan fingerprint density at radius 1 is 1.29 bits per heavy atom. The van der Waals surface area contributed by atoms with E-state index in [0.717, 1.165) is 12.8 Å². The molecule has 1 aliphatic carbocycles. The largest absolute Gasteiger partial charge is 0.302 e. The molecule has 1 fully saturated rings. The van der Waals surface area contributed by atoms with Crippen LogP contribution in [0.25, 0.3) is 0 Å². The summed E-state index contributed by atoms with van der Waals surface area (Å²) in [5, 5.41) is 0. The van der Waals surface area contributed by atoms with Crippen molar-refractivity contribution in [1.29, 1.82) is 0 Å². The molecule has 0 aromatic carbocycles. The van der Waals surface area contributed by atoms with Crippen molar-refractivity contribution in [2.75, 3.05) is 20.6 Å². The number of hydrogen-bond acceptors (Lipinski definition) is 3. The number of carbonyl (C=O) groups is 2. The van der Waals surface area contributed by atoms with E-state index in [1.165, 1.54) is 23.8 Å². The molecule has 1 heterocycles. The quantitative estimate of drug-likeness (QED) is 0.691. The van der Waals surface area contributed by atoms with Crippen LogP contribution in [0.3, 0.4) is 0 Å². The van der Waals surface area contributed by atoms with Crippen molar-refractivity contribution >= 4 is 11.8 Å². The van der Waals surface area contributed by atoms with E-state index in [9.17, 15) is 9.59 Å². The van der Waals surface area contributed by atoms with Gasteiger partial charge in [0.1, 0.15) is 0 Å². The number of carbonyl (C=O) groups excluding carboxylic acids is 2. The van der Waals surface area contributed by atoms with E-state index in [1.54, 1.807) is 6.92 Å². The van der Waals surface area contributed by atoms with E-state index in [-0.39, 0.29) is 17.4 Å². The molecular weight excluding hydrogens is 216 g/mol. The Labute approximate surface area is 102 Å². The second kappa shape index (κ2) is 4.26. The van der Waals surface area contributed by atoms with E-state index in [2.05, 4.69) is 4.90 Å². The summed E-state index contributed by atoms with van der Waals surface area (Å²) in [4.78, 5) is 27.2. The molecule has 4 heteroatoms. The minimum absolute atomic E-state index is 0.0101. The molecule has 0 atom stereocenters. The maximum atomic E-state index is 11.9. The fraction of sp³-hybridized carbons (Fsp3) is 0.692. The lowest BCUT2D eigenvalue weighted by Gasteiger charge is -2.38. The Morgan fingerprint density at radius 2 is 1.88 bits per heavy atom. The van der Waals surface area contributed by atoms with Crippen molar-refractivity contribution in [3.63, 3.8) is 0 Å². The van der Waals surface area contributed by atoms with Crippen LogP contribution in [0, 0.1) is 0 Å². The Kier molecular flexibility index (Phi) is 3.08. The standard InChI is InChI=1S/C13H20N2O2/c1-10-8-11(16)15(12(10)17)9-13(14(2)3)6-4-5-7-13/h8H,4-7,9H2,1-3H3. The summed E-state index contributed by atoms with van der Waals surface area (Å²) in [7, 11) is 4.08. The van der Waals surface area contributed by atoms with Crippen molar-refractivity contribution < 1.29 is 9.59 Å². The van der Waals surface area contributed by atoms with Crippen molar-refractivity contribution in [2.24, 2.45) is 0 Å². The molecule has 0 aromatic rings. The number of likely N-dealkylation sites (N-methyl/N-ethyl adjacent to an activating group) is 1. The van der Waals surface area contributed by atoms with Gasteiger partial charge in [0.25, 0.3) is 11.8 Å². The maximum Gasteiger partial charge on any atom is 0.256 e. The van der Waals surface area contributed by atoms with Crippen LogP contribution in [-0.2, 0) is 9.59 Å². The minimum atomic E-state index is -0.152. The Morgan fingerprint density at radius 3 is 2.29 bits per heavy atom. The number of nitrogens with zero attached hydrogens (tertiary/aromatic N) is 2. The highest BCUT2D eigenvalue weighted by Gasteiger charge is 2.41. The van der Waals surface area contributed by atoms with Gasteiger partial charge < -0.3 is 4.90 Å². The smallest absolute Gasteiger partial charge is 0.256 e. The van der Waals surface area contributed by atoms with Crippen LogP contribution >= 0.6 is 0 Å². The highest BCUT2D eigenvalue weighted by atomic mass is 16.2. The molecule has 0 unspecified atom stereocenters. The summed E-state index contributed by atoms with van der Waals surface area (Å²) in [5.41, 5.74) is 0.547. The molecule has 17 heavy (non-hydrogen) atoms. The fourth-order valence-corrected chi connectivity index (χ4v) is 2.86. The molecule has 0 bridgehead atoms. The summed E-state index contributed by atoms with van der Waals surface area (Å²) in [6, 6.07) is 0. The second-order valence-corrected chi connectivity index (χ2v) is 5.38. The SMILES string of the molecule is CC1=CC(=O)N(CC2(N(C)C)CCCC2)C1=O. The first kappa shape index (κ1) is 12.3. The first-order chi connectivity index (χ1) is 7.96. The van der Waals surface area contributed by atoms with E-state index < -0.39 is 0 Å². The lowest BCUT2D eigenvalue weighted by molar-refractivity contribution is -0.139. The number of hydrogen-bond donors (Lipinski definition) is 0. The van der Waals surface area contributed by atoms with Crippen LogP contribution in [0.4, 0.5) is 0 Å². The molecule has 1 aliphatic heterocycles. The molecule has 2 amide bonds. The average Bonchev–Trinajstić information content (AvgIpc) is 2.81.